The van der Waals surface area contributed by atoms with Crippen LogP contribution in [-0.2, 0) is 19.1 Å². The van der Waals surface area contributed by atoms with Crippen molar-refractivity contribution in [2.45, 2.75) is 13.8 Å². The van der Waals surface area contributed by atoms with Gasteiger partial charge in [0, 0.05) is 18.0 Å². The molecule has 1 aliphatic heterocycles. The van der Waals surface area contributed by atoms with Crippen LogP contribution in [0.1, 0.15) is 11.1 Å². The number of carbonyl (C=O) groups excluding carboxylic acids is 4. The molecule has 1 heterocycles. The van der Waals surface area contributed by atoms with Gasteiger partial charge in [0.1, 0.15) is 6.54 Å². The lowest BCUT2D eigenvalue weighted by molar-refractivity contribution is -0.148. The number of para-hydroxylation sites is 1. The summed E-state index contributed by atoms with van der Waals surface area (Å²) in [6, 6.07) is 5.65. The second-order valence-electron chi connectivity index (χ2n) is 5.79. The number of hydrogen-bond donors (Lipinski definition) is 2. The molecule has 9 heteroatoms. The molecule has 0 radical (unpaired) electrons. The minimum Gasteiger partial charge on any atom is -0.454 e. The van der Waals surface area contributed by atoms with Gasteiger partial charge in [0.25, 0.3) is 11.1 Å². The minimum atomic E-state index is -0.656. The number of nitrogens with zero attached hydrogens (tertiary/aromatic N) is 1. The van der Waals surface area contributed by atoms with Crippen molar-refractivity contribution in [3.05, 3.63) is 29.3 Å². The quantitative estimate of drug-likeness (QED) is 0.687. The first-order valence-corrected chi connectivity index (χ1v) is 9.05. The Bertz CT molecular complexity index is 702. The largest absolute Gasteiger partial charge is 0.454 e. The minimum absolute atomic E-state index is 0.172. The zero-order chi connectivity index (χ0) is 19.1. The predicted molar refractivity (Wildman–Crippen MR) is 97.9 cm³/mol. The number of thioether (sulfide) groups is 1. The average Bonchev–Trinajstić information content (AvgIpc) is 2.99. The highest BCUT2D eigenvalue weighted by molar-refractivity contribution is 8.13. The maximum Gasteiger partial charge on any atom is 0.326 e. The van der Waals surface area contributed by atoms with Crippen LogP contribution in [-0.4, -0.2) is 59.9 Å². The molecule has 0 bridgehead atoms. The molecule has 1 aromatic carbocycles. The number of ether oxygens (including phenoxy) is 1. The van der Waals surface area contributed by atoms with Crippen molar-refractivity contribution in [2.24, 2.45) is 0 Å². The van der Waals surface area contributed by atoms with Crippen molar-refractivity contribution in [1.82, 2.24) is 10.2 Å². The number of anilines is 1. The first kappa shape index (κ1) is 19.8. The summed E-state index contributed by atoms with van der Waals surface area (Å²) in [6.45, 7) is 3.35. The number of amides is 3. The molecule has 8 nitrogen and oxygen atoms in total. The summed E-state index contributed by atoms with van der Waals surface area (Å²) in [5.74, 6) is -0.975. The number of rotatable bonds is 7. The van der Waals surface area contributed by atoms with E-state index in [4.69, 9.17) is 4.74 Å². The molecule has 1 fully saturated rings. The van der Waals surface area contributed by atoms with Gasteiger partial charge in [0.15, 0.2) is 6.61 Å². The van der Waals surface area contributed by atoms with Crippen LogP contribution < -0.4 is 10.6 Å². The molecule has 1 saturated heterocycles. The van der Waals surface area contributed by atoms with E-state index in [9.17, 15) is 19.2 Å². The van der Waals surface area contributed by atoms with Gasteiger partial charge in [0.2, 0.25) is 5.91 Å². The Labute approximate surface area is 155 Å². The molecule has 0 unspecified atom stereocenters. The number of esters is 1. The summed E-state index contributed by atoms with van der Waals surface area (Å²) in [5.41, 5.74) is 2.56. The molecule has 0 saturated carbocycles. The zero-order valence-corrected chi connectivity index (χ0v) is 15.5. The van der Waals surface area contributed by atoms with Crippen molar-refractivity contribution in [1.29, 1.82) is 0 Å². The topological polar surface area (TPSA) is 105 Å². The Kier molecular flexibility index (Phi) is 7.02. The fourth-order valence-electron chi connectivity index (χ4n) is 2.34. The van der Waals surface area contributed by atoms with E-state index in [0.717, 1.165) is 22.9 Å². The maximum atomic E-state index is 11.9. The van der Waals surface area contributed by atoms with Crippen molar-refractivity contribution >= 4 is 40.5 Å². The molecule has 0 aromatic heterocycles. The molecule has 1 aromatic rings. The first-order valence-electron chi connectivity index (χ1n) is 8.07. The normalized spacial score (nSPS) is 13.5. The molecule has 2 rings (SSSR count). The molecule has 0 atom stereocenters. The summed E-state index contributed by atoms with van der Waals surface area (Å²) in [6.07, 6.45) is 0. The standard InChI is InChI=1S/C17H21N3O5S/c1-11-4-3-5-12(2)16(11)19-13(21)8-18-14(22)10-25-15(23)9-20-6-7-26-17(20)24/h3-5H,6-10H2,1-2H3,(H,18,22)(H,19,21). The van der Waals surface area contributed by atoms with E-state index in [-0.39, 0.29) is 24.2 Å². The third-order valence-electron chi connectivity index (χ3n) is 3.72. The SMILES string of the molecule is Cc1cccc(C)c1NC(=O)CNC(=O)COC(=O)CN1CCSC1=O. The fourth-order valence-corrected chi connectivity index (χ4v) is 3.17. The van der Waals surface area contributed by atoms with Gasteiger partial charge in [-0.2, -0.15) is 0 Å². The van der Waals surface area contributed by atoms with Crippen LogP contribution in [0.4, 0.5) is 10.5 Å². The fraction of sp³-hybridized carbons (Fsp3) is 0.412. The number of carbonyl (C=O) groups is 4. The average molecular weight is 379 g/mol. The highest BCUT2D eigenvalue weighted by atomic mass is 32.2. The van der Waals surface area contributed by atoms with Crippen LogP contribution >= 0.6 is 11.8 Å². The smallest absolute Gasteiger partial charge is 0.326 e. The lowest BCUT2D eigenvalue weighted by atomic mass is 10.1. The predicted octanol–water partition coefficient (Wildman–Crippen LogP) is 1.07. The van der Waals surface area contributed by atoms with Crippen molar-refractivity contribution in [2.75, 3.05) is 37.3 Å². The Morgan fingerprint density at radius 1 is 1.19 bits per heavy atom. The second-order valence-corrected chi connectivity index (χ2v) is 6.83. The third-order valence-corrected chi connectivity index (χ3v) is 4.61. The number of aryl methyl sites for hydroxylation is 2. The number of hydrogen-bond acceptors (Lipinski definition) is 6. The Morgan fingerprint density at radius 2 is 1.88 bits per heavy atom. The van der Waals surface area contributed by atoms with E-state index in [1.807, 2.05) is 32.0 Å². The summed E-state index contributed by atoms with van der Waals surface area (Å²) in [4.78, 5) is 48.0. The highest BCUT2D eigenvalue weighted by Crippen LogP contribution is 2.19. The molecule has 1 aliphatic rings. The molecule has 2 N–H and O–H groups in total. The summed E-state index contributed by atoms with van der Waals surface area (Å²) in [5, 5.41) is 4.96. The first-order chi connectivity index (χ1) is 12.4. The van der Waals surface area contributed by atoms with Crippen molar-refractivity contribution in [3.8, 4) is 0 Å². The van der Waals surface area contributed by atoms with Gasteiger partial charge in [-0.1, -0.05) is 30.0 Å². The van der Waals surface area contributed by atoms with Crippen LogP contribution in [0.25, 0.3) is 0 Å². The summed E-state index contributed by atoms with van der Waals surface area (Å²) < 4.78 is 4.82. The van der Waals surface area contributed by atoms with Gasteiger partial charge in [-0.3, -0.25) is 19.2 Å². The molecule has 26 heavy (non-hydrogen) atoms. The van der Waals surface area contributed by atoms with Crippen LogP contribution in [0.15, 0.2) is 18.2 Å². The lowest BCUT2D eigenvalue weighted by Crippen LogP contribution is -2.37. The van der Waals surface area contributed by atoms with E-state index in [0.29, 0.717) is 18.0 Å². The zero-order valence-electron chi connectivity index (χ0n) is 14.7. The molecule has 140 valence electrons. The van der Waals surface area contributed by atoms with E-state index < -0.39 is 18.5 Å². The Hall–Kier alpha value is -2.55. The van der Waals surface area contributed by atoms with Crippen molar-refractivity contribution in [3.63, 3.8) is 0 Å². The molecule has 0 aliphatic carbocycles. The van der Waals surface area contributed by atoms with E-state index in [1.54, 1.807) is 0 Å². The van der Waals surface area contributed by atoms with Gasteiger partial charge in [-0.05, 0) is 25.0 Å². The molecular weight excluding hydrogens is 358 g/mol. The van der Waals surface area contributed by atoms with Gasteiger partial charge >= 0.3 is 5.97 Å². The van der Waals surface area contributed by atoms with Gasteiger partial charge in [-0.15, -0.1) is 0 Å². The third kappa shape index (κ3) is 5.76. The summed E-state index contributed by atoms with van der Waals surface area (Å²) in [7, 11) is 0. The Balaban J connectivity index is 1.68. The van der Waals surface area contributed by atoms with Crippen LogP contribution in [0.2, 0.25) is 0 Å². The van der Waals surface area contributed by atoms with Crippen LogP contribution in [0.5, 0.6) is 0 Å². The molecule has 0 spiro atoms. The Morgan fingerprint density at radius 3 is 2.50 bits per heavy atom. The van der Waals surface area contributed by atoms with Crippen LogP contribution in [0, 0.1) is 13.8 Å². The number of benzene rings is 1. The van der Waals surface area contributed by atoms with Gasteiger partial charge in [-0.25, -0.2) is 0 Å². The van der Waals surface area contributed by atoms with Crippen LogP contribution in [0.3, 0.4) is 0 Å². The molecule has 3 amide bonds. The second kappa shape index (κ2) is 9.23. The lowest BCUT2D eigenvalue weighted by Gasteiger charge is -2.13. The van der Waals surface area contributed by atoms with E-state index >= 15 is 0 Å². The van der Waals surface area contributed by atoms with E-state index in [1.165, 1.54) is 4.90 Å². The van der Waals surface area contributed by atoms with Crippen molar-refractivity contribution < 1.29 is 23.9 Å². The van der Waals surface area contributed by atoms with Gasteiger partial charge < -0.3 is 20.3 Å². The van der Waals surface area contributed by atoms with E-state index in [2.05, 4.69) is 10.6 Å². The summed E-state index contributed by atoms with van der Waals surface area (Å²) >= 11 is 1.14. The maximum absolute atomic E-state index is 11.9. The number of nitrogens with one attached hydrogen (secondary N) is 2. The highest BCUT2D eigenvalue weighted by Gasteiger charge is 2.24. The van der Waals surface area contributed by atoms with Gasteiger partial charge in [0.05, 0.1) is 6.54 Å². The monoisotopic (exact) mass is 379 g/mol. The molecular formula is C17H21N3O5S.